The van der Waals surface area contributed by atoms with Gasteiger partial charge < -0.3 is 136 Å². The van der Waals surface area contributed by atoms with E-state index in [0.29, 0.717) is 0 Å². The zero-order valence-corrected chi connectivity index (χ0v) is 21.6. The van der Waals surface area contributed by atoms with Crippen molar-refractivity contribution in [1.29, 1.82) is 0 Å². The summed E-state index contributed by atoms with van der Waals surface area (Å²) in [6, 6.07) is 0. The van der Waals surface area contributed by atoms with E-state index in [2.05, 4.69) is 0 Å². The number of halogens is 8. The van der Waals surface area contributed by atoms with Crippen molar-refractivity contribution < 1.29 is 188 Å². The molecule has 10 heavy (non-hydrogen) atoms. The van der Waals surface area contributed by atoms with Gasteiger partial charge in [-0.3, -0.25) is 0 Å². The van der Waals surface area contributed by atoms with E-state index < -0.39 is 0 Å². The number of hydrogen-bond acceptors (Lipinski definition) is 0. The van der Waals surface area contributed by atoms with Crippen molar-refractivity contribution in [2.24, 2.45) is 0 Å². The predicted molar refractivity (Wildman–Crippen MR) is 0 cm³/mol. The minimum Gasteiger partial charge on any atom is -1.00 e. The Balaban J connectivity index is 0. The largest absolute Gasteiger partial charge is 4.00 e. The van der Waals surface area contributed by atoms with E-state index in [-0.39, 0.29) is 188 Å². The van der Waals surface area contributed by atoms with Crippen LogP contribution in [0.25, 0.3) is 0 Å². The summed E-state index contributed by atoms with van der Waals surface area (Å²) >= 11 is 0. The molecule has 0 aromatic rings. The van der Waals surface area contributed by atoms with Gasteiger partial charge >= 0.3 is 52.4 Å². The van der Waals surface area contributed by atoms with Crippen molar-refractivity contribution in [2.75, 3.05) is 0 Å². The van der Waals surface area contributed by atoms with Crippen molar-refractivity contribution in [3.63, 3.8) is 0 Å². The van der Waals surface area contributed by atoms with E-state index in [4.69, 9.17) is 0 Å². The van der Waals surface area contributed by atoms with Gasteiger partial charge in [-0.25, -0.2) is 0 Å². The summed E-state index contributed by atoms with van der Waals surface area (Å²) < 4.78 is 0. The molecule has 0 aliphatic carbocycles. The third-order valence-electron chi connectivity index (χ3n) is 0. The maximum atomic E-state index is 0. The molecule has 0 saturated heterocycles. The van der Waals surface area contributed by atoms with Crippen LogP contribution < -0.4 is 136 Å². The normalized spacial score (nSPS) is 0. The Hall–Kier alpha value is 5.61. The molecule has 0 aromatic heterocycles. The third kappa shape index (κ3) is 68.8. The summed E-state index contributed by atoms with van der Waals surface area (Å²) in [7, 11) is 0. The van der Waals surface area contributed by atoms with Crippen molar-refractivity contribution in [1.82, 2.24) is 0 Å². The van der Waals surface area contributed by atoms with Gasteiger partial charge in [0.1, 0.15) is 0 Å². The van der Waals surface area contributed by atoms with E-state index in [9.17, 15) is 0 Å². The van der Waals surface area contributed by atoms with E-state index in [1.54, 1.807) is 0 Å². The molecule has 0 saturated carbocycles. The maximum absolute atomic E-state index is 0. The van der Waals surface area contributed by atoms with Crippen LogP contribution >= 0.6 is 0 Å². The smallest absolute Gasteiger partial charge is 1.00 e. The SMILES string of the molecule is [Br-].[Br-].[Br-].[Br-].[Br-].[Br-].[Br-].[Br-].[Zr+4].[Zr+4]. The zero-order chi connectivity index (χ0) is 0. The summed E-state index contributed by atoms with van der Waals surface area (Å²) in [5.41, 5.74) is 0. The maximum Gasteiger partial charge on any atom is 4.00 e. The van der Waals surface area contributed by atoms with Crippen molar-refractivity contribution in [2.45, 2.75) is 0 Å². The minimum absolute atomic E-state index is 0. The first-order valence-corrected chi connectivity index (χ1v) is 0. The summed E-state index contributed by atoms with van der Waals surface area (Å²) in [5, 5.41) is 0. The minimum atomic E-state index is 0. The third-order valence-corrected chi connectivity index (χ3v) is 0. The molecule has 0 radical (unpaired) electrons. The molecule has 0 atom stereocenters. The molecule has 0 aliphatic heterocycles. The van der Waals surface area contributed by atoms with Crippen LogP contribution in [0.15, 0.2) is 0 Å². The summed E-state index contributed by atoms with van der Waals surface area (Å²) in [6.07, 6.45) is 0. The summed E-state index contributed by atoms with van der Waals surface area (Å²) in [5.74, 6) is 0. The van der Waals surface area contributed by atoms with Gasteiger partial charge in [-0.15, -0.1) is 0 Å². The molecular weight excluding hydrogens is 822 g/mol. The monoisotopic (exact) mass is 811 g/mol. The van der Waals surface area contributed by atoms with Crippen LogP contribution in [0, 0.1) is 0 Å². The molecule has 0 nitrogen and oxygen atoms in total. The Morgan fingerprint density at radius 3 is 0.200 bits per heavy atom. The Labute approximate surface area is 184 Å². The average Bonchev–Trinajstić information content (AvgIpc) is 0. The quantitative estimate of drug-likeness (QED) is 0.228. The molecule has 0 N–H and O–H groups in total. The van der Waals surface area contributed by atoms with E-state index in [1.807, 2.05) is 0 Å². The first-order valence-electron chi connectivity index (χ1n) is 0. The second kappa shape index (κ2) is 86.0. The van der Waals surface area contributed by atoms with Gasteiger partial charge in [-0.1, -0.05) is 0 Å². The van der Waals surface area contributed by atoms with Gasteiger partial charge in [0.15, 0.2) is 0 Å². The number of rotatable bonds is 0. The molecule has 10 heteroatoms. The second-order valence-electron chi connectivity index (χ2n) is 0. The fourth-order valence-electron chi connectivity index (χ4n) is 0. The summed E-state index contributed by atoms with van der Waals surface area (Å²) in [6.45, 7) is 0. The van der Waals surface area contributed by atoms with Gasteiger partial charge in [0.25, 0.3) is 0 Å². The average molecular weight is 822 g/mol. The van der Waals surface area contributed by atoms with Crippen LogP contribution in [-0.4, -0.2) is 0 Å². The van der Waals surface area contributed by atoms with Crippen molar-refractivity contribution in [3.05, 3.63) is 0 Å². The predicted octanol–water partition coefficient (Wildman–Crippen LogP) is -24.0. The van der Waals surface area contributed by atoms with Crippen LogP contribution in [0.2, 0.25) is 0 Å². The molecule has 0 amide bonds. The molecule has 0 aliphatic rings. The Morgan fingerprint density at radius 2 is 0.200 bits per heavy atom. The van der Waals surface area contributed by atoms with E-state index in [0.717, 1.165) is 0 Å². The first-order chi connectivity index (χ1) is 0. The topological polar surface area (TPSA) is 0 Å². The second-order valence-corrected chi connectivity index (χ2v) is 0. The van der Waals surface area contributed by atoms with Gasteiger partial charge in [-0.05, 0) is 0 Å². The fraction of sp³-hybridized carbons (Fsp3) is 0. The molecule has 0 rings (SSSR count). The summed E-state index contributed by atoms with van der Waals surface area (Å²) in [4.78, 5) is 0. The molecule has 0 bridgehead atoms. The van der Waals surface area contributed by atoms with Crippen LogP contribution in [0.1, 0.15) is 0 Å². The zero-order valence-electron chi connectivity index (χ0n) is 4.02. The van der Waals surface area contributed by atoms with Gasteiger partial charge in [0, 0.05) is 0 Å². The molecule has 0 spiro atoms. The molecular formula is Br8Zr2. The van der Waals surface area contributed by atoms with E-state index in [1.165, 1.54) is 0 Å². The van der Waals surface area contributed by atoms with Gasteiger partial charge in [0.2, 0.25) is 0 Å². The standard InChI is InChI=1S/8BrH.2Zr/h8*1H;;/q;;;;;;;;2*+4/p-8. The van der Waals surface area contributed by atoms with Gasteiger partial charge in [-0.2, -0.15) is 0 Å². The van der Waals surface area contributed by atoms with Crippen LogP contribution in [0.4, 0.5) is 0 Å². The van der Waals surface area contributed by atoms with Crippen LogP contribution in [0.3, 0.4) is 0 Å². The Bertz CT molecular complexity index is 7.22. The van der Waals surface area contributed by atoms with Crippen molar-refractivity contribution in [3.8, 4) is 0 Å². The molecule has 0 aromatic carbocycles. The Morgan fingerprint density at radius 1 is 0.200 bits per heavy atom. The van der Waals surface area contributed by atoms with E-state index >= 15 is 0 Å². The van der Waals surface area contributed by atoms with Crippen LogP contribution in [0.5, 0.6) is 0 Å². The molecule has 0 fully saturated rings. The molecule has 0 unspecified atom stereocenters. The van der Waals surface area contributed by atoms with Crippen LogP contribution in [-0.2, 0) is 52.4 Å². The molecule has 0 heterocycles. The van der Waals surface area contributed by atoms with Crippen molar-refractivity contribution >= 4 is 0 Å². The molecule has 64 valence electrons. The Kier molecular flexibility index (Phi) is 911. The fourth-order valence-corrected chi connectivity index (χ4v) is 0. The first kappa shape index (κ1) is 106. The van der Waals surface area contributed by atoms with Gasteiger partial charge in [0.05, 0.1) is 0 Å². The number of hydrogen-bond donors (Lipinski definition) is 0.